The molecule has 0 bridgehead atoms. The summed E-state index contributed by atoms with van der Waals surface area (Å²) >= 11 is 0. The summed E-state index contributed by atoms with van der Waals surface area (Å²) in [5.41, 5.74) is 4.98. The lowest BCUT2D eigenvalue weighted by Gasteiger charge is -2.33. The van der Waals surface area contributed by atoms with Gasteiger partial charge in [-0.3, -0.25) is 4.79 Å². The Bertz CT molecular complexity index is 1290. The second-order valence-corrected chi connectivity index (χ2v) is 9.17. The third kappa shape index (κ3) is 3.13. The number of amides is 1. The molecule has 5 heterocycles. The van der Waals surface area contributed by atoms with Crippen LogP contribution in [0.5, 0.6) is 0 Å². The molecule has 8 nitrogen and oxygen atoms in total. The van der Waals surface area contributed by atoms with Crippen molar-refractivity contribution in [3.63, 3.8) is 0 Å². The number of hydrogen-bond donors (Lipinski definition) is 1. The minimum atomic E-state index is -0.399. The molecule has 1 amide bonds. The molecule has 0 aliphatic carbocycles. The van der Waals surface area contributed by atoms with E-state index >= 15 is 0 Å². The van der Waals surface area contributed by atoms with Crippen molar-refractivity contribution in [2.24, 2.45) is 0 Å². The number of pyridine rings is 1. The van der Waals surface area contributed by atoms with Gasteiger partial charge in [-0.05, 0) is 32.0 Å². The van der Waals surface area contributed by atoms with Crippen LogP contribution in [0.15, 0.2) is 35.0 Å². The van der Waals surface area contributed by atoms with Crippen LogP contribution in [0.1, 0.15) is 71.7 Å². The van der Waals surface area contributed by atoms with Crippen LogP contribution in [-0.2, 0) is 11.8 Å². The first-order chi connectivity index (χ1) is 14.7. The van der Waals surface area contributed by atoms with E-state index in [1.165, 1.54) is 0 Å². The smallest absolute Gasteiger partial charge is 0.292 e. The van der Waals surface area contributed by atoms with E-state index in [4.69, 9.17) is 9.52 Å². The van der Waals surface area contributed by atoms with Crippen molar-refractivity contribution < 1.29 is 9.21 Å². The molecule has 0 fully saturated rings. The minimum Gasteiger partial charge on any atom is -0.435 e. The maximum Gasteiger partial charge on any atom is 0.292 e. The summed E-state index contributed by atoms with van der Waals surface area (Å²) < 4.78 is 7.87. The molecule has 1 atom stereocenters. The lowest BCUT2D eigenvalue weighted by molar-refractivity contribution is 0.0649. The van der Waals surface area contributed by atoms with Gasteiger partial charge >= 0.3 is 0 Å². The third-order valence-corrected chi connectivity index (χ3v) is 5.79. The highest BCUT2D eigenvalue weighted by Crippen LogP contribution is 2.35. The highest BCUT2D eigenvalue weighted by atomic mass is 16.4. The second-order valence-electron chi connectivity index (χ2n) is 9.17. The van der Waals surface area contributed by atoms with Crippen molar-refractivity contribution in [1.29, 1.82) is 0 Å². The Morgan fingerprint density at radius 3 is 2.77 bits per heavy atom. The van der Waals surface area contributed by atoms with Gasteiger partial charge in [-0.1, -0.05) is 26.8 Å². The second kappa shape index (κ2) is 6.80. The Kier molecular flexibility index (Phi) is 4.28. The highest BCUT2D eigenvalue weighted by Gasteiger charge is 2.38. The van der Waals surface area contributed by atoms with E-state index in [-0.39, 0.29) is 17.1 Å². The highest BCUT2D eigenvalue weighted by molar-refractivity contribution is 5.93. The first kappa shape index (κ1) is 19.5. The van der Waals surface area contributed by atoms with E-state index in [0.717, 1.165) is 28.3 Å². The van der Waals surface area contributed by atoms with Gasteiger partial charge in [0.2, 0.25) is 11.7 Å². The minimum absolute atomic E-state index is 0.187. The lowest BCUT2D eigenvalue weighted by atomic mass is 9.97. The molecule has 5 rings (SSSR count). The summed E-state index contributed by atoms with van der Waals surface area (Å²) in [6.07, 6.45) is 2.38. The first-order valence-corrected chi connectivity index (χ1v) is 10.5. The zero-order valence-electron chi connectivity index (χ0n) is 18.4. The molecule has 4 aromatic rings. The van der Waals surface area contributed by atoms with Gasteiger partial charge in [0.1, 0.15) is 6.04 Å². The molecule has 0 unspecified atom stereocenters. The number of carbonyl (C=O) groups is 1. The van der Waals surface area contributed by atoms with Crippen molar-refractivity contribution in [3.05, 3.63) is 70.7 Å². The number of aromatic nitrogens is 5. The van der Waals surface area contributed by atoms with Crippen LogP contribution in [0.4, 0.5) is 0 Å². The number of rotatable bonds is 2. The van der Waals surface area contributed by atoms with Crippen molar-refractivity contribution in [2.45, 2.75) is 52.5 Å². The number of aromatic amines is 1. The first-order valence-electron chi connectivity index (χ1n) is 10.5. The summed E-state index contributed by atoms with van der Waals surface area (Å²) in [4.78, 5) is 27.8. The van der Waals surface area contributed by atoms with Crippen LogP contribution in [0.25, 0.3) is 5.52 Å². The Morgan fingerprint density at radius 1 is 1.26 bits per heavy atom. The summed E-state index contributed by atoms with van der Waals surface area (Å²) in [7, 11) is 0. The number of nitrogens with one attached hydrogen (secondary N) is 1. The molecule has 0 saturated heterocycles. The maximum absolute atomic E-state index is 13.7. The fourth-order valence-corrected chi connectivity index (χ4v) is 4.15. The Labute approximate surface area is 180 Å². The van der Waals surface area contributed by atoms with E-state index in [9.17, 15) is 4.79 Å². The van der Waals surface area contributed by atoms with Gasteiger partial charge in [0.05, 0.1) is 28.9 Å². The van der Waals surface area contributed by atoms with Gasteiger partial charge in [-0.25, -0.2) is 14.5 Å². The van der Waals surface area contributed by atoms with Crippen LogP contribution in [0.3, 0.4) is 0 Å². The molecule has 1 aliphatic heterocycles. The number of oxazole rings is 1. The van der Waals surface area contributed by atoms with Crippen molar-refractivity contribution in [3.8, 4) is 0 Å². The zero-order valence-corrected chi connectivity index (χ0v) is 18.4. The standard InChI is InChI=1S/C23H26N6O2/c1-13-7-6-8-15-11-17(27-29(13)15)19-18-16(24-12-25-18)9-10-28(19)21(30)20-14(2)26-22(31-20)23(3,4)5/h6-8,11-12,19H,9-10H2,1-5H3,(H,24,25)/t19-/m0/s1. The van der Waals surface area contributed by atoms with Crippen LogP contribution in [0, 0.1) is 13.8 Å². The molecular weight excluding hydrogens is 392 g/mol. The molecule has 0 spiro atoms. The number of imidazole rings is 1. The van der Waals surface area contributed by atoms with E-state index in [1.807, 2.05) is 63.4 Å². The Hall–Kier alpha value is -3.42. The van der Waals surface area contributed by atoms with Crippen molar-refractivity contribution in [2.75, 3.05) is 6.54 Å². The molecule has 0 radical (unpaired) electrons. The summed E-state index contributed by atoms with van der Waals surface area (Å²) in [6, 6.07) is 7.66. The molecule has 8 heteroatoms. The van der Waals surface area contributed by atoms with Gasteiger partial charge in [0.15, 0.2) is 0 Å². The summed E-state index contributed by atoms with van der Waals surface area (Å²) in [5, 5.41) is 4.83. The fourth-order valence-electron chi connectivity index (χ4n) is 4.15. The van der Waals surface area contributed by atoms with Crippen LogP contribution >= 0.6 is 0 Å². The van der Waals surface area contributed by atoms with Crippen molar-refractivity contribution >= 4 is 11.4 Å². The van der Waals surface area contributed by atoms with E-state index in [2.05, 4.69) is 15.0 Å². The predicted octanol–water partition coefficient (Wildman–Crippen LogP) is 3.75. The molecule has 4 aromatic heterocycles. The van der Waals surface area contributed by atoms with Crippen LogP contribution in [0.2, 0.25) is 0 Å². The summed E-state index contributed by atoms with van der Waals surface area (Å²) in [5.74, 6) is 0.660. The van der Waals surface area contributed by atoms with Gasteiger partial charge in [0.25, 0.3) is 5.91 Å². The average Bonchev–Trinajstić information content (AvgIpc) is 3.44. The monoisotopic (exact) mass is 418 g/mol. The molecule has 31 heavy (non-hydrogen) atoms. The van der Waals surface area contributed by atoms with Gasteiger partial charge in [-0.2, -0.15) is 5.10 Å². The Morgan fingerprint density at radius 2 is 2.06 bits per heavy atom. The average molecular weight is 419 g/mol. The predicted molar refractivity (Wildman–Crippen MR) is 115 cm³/mol. The molecule has 160 valence electrons. The summed E-state index contributed by atoms with van der Waals surface area (Å²) in [6.45, 7) is 10.4. The number of hydrogen-bond acceptors (Lipinski definition) is 5. The quantitative estimate of drug-likeness (QED) is 0.535. The molecule has 0 saturated carbocycles. The van der Waals surface area contributed by atoms with Crippen molar-refractivity contribution in [1.82, 2.24) is 29.5 Å². The normalized spacial score (nSPS) is 16.7. The molecule has 1 N–H and O–H groups in total. The van der Waals surface area contributed by atoms with E-state index in [0.29, 0.717) is 24.6 Å². The maximum atomic E-state index is 13.7. The SMILES string of the molecule is Cc1nc(C(C)(C)C)oc1C(=O)N1CCc2[nH]cnc2[C@@H]1c1cc2cccc(C)n2n1. The molecule has 1 aliphatic rings. The van der Waals surface area contributed by atoms with Gasteiger partial charge in [0, 0.05) is 29.8 Å². The molecular formula is C23H26N6O2. The fraction of sp³-hybridized carbons (Fsp3) is 0.391. The third-order valence-electron chi connectivity index (χ3n) is 5.79. The van der Waals surface area contributed by atoms with E-state index in [1.54, 1.807) is 11.2 Å². The lowest BCUT2D eigenvalue weighted by Crippen LogP contribution is -2.41. The number of nitrogens with zero attached hydrogens (tertiary/aromatic N) is 5. The number of carbonyl (C=O) groups excluding carboxylic acids is 1. The number of fused-ring (bicyclic) bond motifs is 2. The largest absolute Gasteiger partial charge is 0.435 e. The van der Waals surface area contributed by atoms with Crippen LogP contribution in [-0.4, -0.2) is 41.9 Å². The number of aryl methyl sites for hydroxylation is 2. The van der Waals surface area contributed by atoms with Gasteiger partial charge < -0.3 is 14.3 Å². The Balaban J connectivity index is 1.61. The topological polar surface area (TPSA) is 92.3 Å². The van der Waals surface area contributed by atoms with Crippen LogP contribution < -0.4 is 0 Å². The number of H-pyrrole nitrogens is 1. The zero-order chi connectivity index (χ0) is 21.9. The van der Waals surface area contributed by atoms with Gasteiger partial charge in [-0.15, -0.1) is 0 Å². The van der Waals surface area contributed by atoms with E-state index < -0.39 is 6.04 Å². The molecule has 0 aromatic carbocycles.